The minimum absolute atomic E-state index is 0.255. The van der Waals surface area contributed by atoms with Crippen LogP contribution in [-0.2, 0) is 0 Å². The zero-order valence-corrected chi connectivity index (χ0v) is 14.0. The third kappa shape index (κ3) is 5.02. The molecule has 0 saturated carbocycles. The number of furan rings is 1. The number of hydrogen-bond donors (Lipinski definition) is 0. The fourth-order valence-corrected chi connectivity index (χ4v) is 2.32. The zero-order chi connectivity index (χ0) is 17.4. The zero-order valence-electron chi connectivity index (χ0n) is 14.0. The first-order valence-electron chi connectivity index (χ1n) is 8.05. The van der Waals surface area contributed by atoms with Gasteiger partial charge >= 0.3 is 5.88 Å². The van der Waals surface area contributed by atoms with E-state index in [4.69, 9.17) is 9.15 Å². The Morgan fingerprint density at radius 3 is 2.38 bits per heavy atom. The molecule has 0 saturated heterocycles. The van der Waals surface area contributed by atoms with Gasteiger partial charge in [-0.25, -0.2) is 9.97 Å². The smallest absolute Gasteiger partial charge is 0.433 e. The number of ether oxygens (including phenoxy) is 1. The Morgan fingerprint density at radius 1 is 1.17 bits per heavy atom. The first-order valence-corrected chi connectivity index (χ1v) is 8.05. The molecule has 0 spiro atoms. The summed E-state index contributed by atoms with van der Waals surface area (Å²) in [6.45, 7) is 7.86. The number of aromatic nitrogens is 2. The van der Waals surface area contributed by atoms with Crippen LogP contribution in [0, 0.1) is 10.1 Å². The lowest BCUT2D eigenvalue weighted by Gasteiger charge is -2.20. The van der Waals surface area contributed by atoms with Gasteiger partial charge in [0.1, 0.15) is 11.5 Å². The second kappa shape index (κ2) is 8.97. The van der Waals surface area contributed by atoms with Crippen LogP contribution >= 0.6 is 0 Å². The van der Waals surface area contributed by atoms with Crippen LogP contribution in [0.5, 0.6) is 5.75 Å². The fourth-order valence-electron chi connectivity index (χ4n) is 2.32. The van der Waals surface area contributed by atoms with Crippen molar-refractivity contribution in [2.45, 2.75) is 26.7 Å². The minimum atomic E-state index is -0.598. The van der Waals surface area contributed by atoms with E-state index in [9.17, 15) is 10.1 Å². The molecule has 0 aliphatic heterocycles. The second-order valence-corrected chi connectivity index (χ2v) is 5.33. The summed E-state index contributed by atoms with van der Waals surface area (Å²) in [7, 11) is 0. The van der Waals surface area contributed by atoms with Crippen molar-refractivity contribution in [3.63, 3.8) is 0 Å². The maximum Gasteiger partial charge on any atom is 0.433 e. The van der Waals surface area contributed by atoms with Crippen LogP contribution in [0.2, 0.25) is 0 Å². The van der Waals surface area contributed by atoms with Gasteiger partial charge in [-0.2, -0.15) is 0 Å². The van der Waals surface area contributed by atoms with Gasteiger partial charge in [0.15, 0.2) is 17.3 Å². The van der Waals surface area contributed by atoms with Crippen molar-refractivity contribution in [1.29, 1.82) is 0 Å². The van der Waals surface area contributed by atoms with E-state index in [2.05, 4.69) is 28.7 Å². The van der Waals surface area contributed by atoms with Gasteiger partial charge < -0.3 is 9.15 Å². The Hall–Kier alpha value is -2.48. The Labute approximate surface area is 140 Å². The van der Waals surface area contributed by atoms with Crippen molar-refractivity contribution >= 4 is 5.88 Å². The summed E-state index contributed by atoms with van der Waals surface area (Å²) in [6, 6.07) is 2.75. The molecule has 0 bridgehead atoms. The molecule has 2 aromatic heterocycles. The summed E-state index contributed by atoms with van der Waals surface area (Å²) in [5.74, 6) is 0.771. The van der Waals surface area contributed by atoms with Gasteiger partial charge in [0.25, 0.3) is 0 Å². The monoisotopic (exact) mass is 334 g/mol. The van der Waals surface area contributed by atoms with E-state index < -0.39 is 4.92 Å². The maximum absolute atomic E-state index is 10.6. The molecule has 130 valence electrons. The normalized spacial score (nSPS) is 11.0. The van der Waals surface area contributed by atoms with Crippen LogP contribution in [0.4, 0.5) is 5.88 Å². The topological polar surface area (TPSA) is 94.5 Å². The molecule has 0 N–H and O–H groups in total. The van der Waals surface area contributed by atoms with Crippen LogP contribution in [0.25, 0.3) is 11.6 Å². The van der Waals surface area contributed by atoms with E-state index in [1.54, 1.807) is 12.4 Å². The molecule has 0 amide bonds. The number of hydrogen-bond acceptors (Lipinski definition) is 7. The summed E-state index contributed by atoms with van der Waals surface area (Å²) >= 11 is 0. The predicted octanol–water partition coefficient (Wildman–Crippen LogP) is 3.15. The Bertz CT molecular complexity index is 636. The van der Waals surface area contributed by atoms with E-state index in [0.717, 1.165) is 32.5 Å². The Kier molecular flexibility index (Phi) is 6.68. The molecule has 0 fully saturated rings. The predicted molar refractivity (Wildman–Crippen MR) is 88.9 cm³/mol. The van der Waals surface area contributed by atoms with Crippen molar-refractivity contribution in [3.8, 4) is 17.3 Å². The van der Waals surface area contributed by atoms with Crippen LogP contribution < -0.4 is 4.74 Å². The molecule has 8 heteroatoms. The van der Waals surface area contributed by atoms with Gasteiger partial charge in [-0.05, 0) is 32.0 Å². The van der Waals surface area contributed by atoms with E-state index in [1.165, 1.54) is 12.1 Å². The number of nitrogens with zero attached hydrogens (tertiary/aromatic N) is 4. The standard InChI is InChI=1S/C16H22N4O4/c1-3-7-19(8-4-2)9-10-23-13-11-17-16(18-12-13)14-5-6-15(24-14)20(21)22/h5-6,11-12H,3-4,7-10H2,1-2H3. The minimum Gasteiger partial charge on any atom is -0.489 e. The third-order valence-corrected chi connectivity index (χ3v) is 3.38. The highest BCUT2D eigenvalue weighted by atomic mass is 16.6. The van der Waals surface area contributed by atoms with E-state index in [1.807, 2.05) is 0 Å². The molecular weight excluding hydrogens is 312 g/mol. The molecule has 8 nitrogen and oxygen atoms in total. The molecule has 0 radical (unpaired) electrons. The summed E-state index contributed by atoms with van der Waals surface area (Å²) < 4.78 is 10.7. The molecule has 0 atom stereocenters. The van der Waals surface area contributed by atoms with Gasteiger partial charge in [0, 0.05) is 6.54 Å². The van der Waals surface area contributed by atoms with Gasteiger partial charge in [0.2, 0.25) is 0 Å². The summed E-state index contributed by atoms with van der Waals surface area (Å²) in [5, 5.41) is 10.6. The first kappa shape index (κ1) is 17.9. The van der Waals surface area contributed by atoms with Crippen molar-refractivity contribution in [3.05, 3.63) is 34.6 Å². The van der Waals surface area contributed by atoms with Crippen LogP contribution in [0.3, 0.4) is 0 Å². The average Bonchev–Trinajstić information content (AvgIpc) is 3.06. The SMILES string of the molecule is CCCN(CCC)CCOc1cnc(-c2ccc([N+](=O)[O-])o2)nc1. The van der Waals surface area contributed by atoms with Crippen molar-refractivity contribution in [1.82, 2.24) is 14.9 Å². The van der Waals surface area contributed by atoms with Crippen LogP contribution in [-0.4, -0.2) is 46.0 Å². The van der Waals surface area contributed by atoms with Crippen molar-refractivity contribution in [2.24, 2.45) is 0 Å². The largest absolute Gasteiger partial charge is 0.489 e. The van der Waals surface area contributed by atoms with Crippen molar-refractivity contribution < 1.29 is 14.1 Å². The molecule has 0 aliphatic rings. The van der Waals surface area contributed by atoms with Crippen LogP contribution in [0.1, 0.15) is 26.7 Å². The van der Waals surface area contributed by atoms with Gasteiger partial charge in [-0.3, -0.25) is 15.0 Å². The average molecular weight is 334 g/mol. The van der Waals surface area contributed by atoms with Gasteiger partial charge in [-0.15, -0.1) is 0 Å². The summed E-state index contributed by atoms with van der Waals surface area (Å²) in [5.41, 5.74) is 0. The maximum atomic E-state index is 10.6. The number of nitro groups is 1. The molecule has 0 aromatic carbocycles. The molecule has 0 aliphatic carbocycles. The molecule has 2 heterocycles. The Balaban J connectivity index is 1.88. The lowest BCUT2D eigenvalue weighted by atomic mass is 10.3. The second-order valence-electron chi connectivity index (χ2n) is 5.33. The lowest BCUT2D eigenvalue weighted by Crippen LogP contribution is -2.30. The van der Waals surface area contributed by atoms with Gasteiger partial charge in [-0.1, -0.05) is 13.8 Å². The van der Waals surface area contributed by atoms with E-state index in [-0.39, 0.29) is 17.5 Å². The van der Waals surface area contributed by atoms with E-state index >= 15 is 0 Å². The first-order chi connectivity index (χ1) is 11.6. The molecule has 2 aromatic rings. The highest BCUT2D eigenvalue weighted by molar-refractivity contribution is 5.48. The van der Waals surface area contributed by atoms with Gasteiger partial charge in [0.05, 0.1) is 18.5 Å². The van der Waals surface area contributed by atoms with Crippen LogP contribution in [0.15, 0.2) is 28.9 Å². The molecule has 24 heavy (non-hydrogen) atoms. The number of rotatable bonds is 10. The summed E-state index contributed by atoms with van der Waals surface area (Å²) in [4.78, 5) is 20.6. The lowest BCUT2D eigenvalue weighted by molar-refractivity contribution is -0.401. The van der Waals surface area contributed by atoms with E-state index in [0.29, 0.717) is 12.4 Å². The highest BCUT2D eigenvalue weighted by Gasteiger charge is 2.14. The molecule has 0 unspecified atom stereocenters. The summed E-state index contributed by atoms with van der Waals surface area (Å²) in [6.07, 6.45) is 5.32. The van der Waals surface area contributed by atoms with Crippen molar-refractivity contribution in [2.75, 3.05) is 26.2 Å². The Morgan fingerprint density at radius 2 is 1.83 bits per heavy atom. The highest BCUT2D eigenvalue weighted by Crippen LogP contribution is 2.23. The third-order valence-electron chi connectivity index (χ3n) is 3.38. The molecular formula is C16H22N4O4. The quantitative estimate of drug-likeness (QED) is 0.486. The fraction of sp³-hybridized carbons (Fsp3) is 0.500. The molecule has 2 rings (SSSR count).